The molecular formula is C18H29IN4O. The fraction of sp³-hybridized carbons (Fsp3) is 0.556. The molecule has 0 saturated heterocycles. The van der Waals surface area contributed by atoms with E-state index in [-0.39, 0.29) is 35.8 Å². The van der Waals surface area contributed by atoms with E-state index in [0.29, 0.717) is 13.1 Å². The predicted octanol–water partition coefficient (Wildman–Crippen LogP) is 2.32. The molecule has 1 amide bonds. The van der Waals surface area contributed by atoms with Crippen LogP contribution in [0.1, 0.15) is 31.7 Å². The number of rotatable bonds is 9. The molecule has 3 N–H and O–H groups in total. The van der Waals surface area contributed by atoms with Gasteiger partial charge in [0.15, 0.2) is 5.96 Å². The van der Waals surface area contributed by atoms with Crippen LogP contribution in [0.4, 0.5) is 0 Å². The molecule has 1 aliphatic rings. The van der Waals surface area contributed by atoms with E-state index in [4.69, 9.17) is 0 Å². The van der Waals surface area contributed by atoms with Gasteiger partial charge in [0.2, 0.25) is 5.91 Å². The highest BCUT2D eigenvalue weighted by atomic mass is 127. The van der Waals surface area contributed by atoms with Crippen LogP contribution in [0.3, 0.4) is 0 Å². The minimum Gasteiger partial charge on any atom is -0.357 e. The van der Waals surface area contributed by atoms with Gasteiger partial charge in [-0.15, -0.1) is 24.0 Å². The summed E-state index contributed by atoms with van der Waals surface area (Å²) in [5.41, 5.74) is 1.35. The van der Waals surface area contributed by atoms with E-state index < -0.39 is 0 Å². The monoisotopic (exact) mass is 444 g/mol. The first kappa shape index (κ1) is 20.7. The summed E-state index contributed by atoms with van der Waals surface area (Å²) in [5.74, 6) is 1.28. The van der Waals surface area contributed by atoms with E-state index in [0.717, 1.165) is 44.7 Å². The number of amides is 1. The molecule has 24 heavy (non-hydrogen) atoms. The van der Waals surface area contributed by atoms with Crippen molar-refractivity contribution in [1.82, 2.24) is 16.0 Å². The number of nitrogens with one attached hydrogen (secondary N) is 3. The lowest BCUT2D eigenvalue weighted by molar-refractivity contribution is -0.122. The Hall–Kier alpha value is -1.31. The number of carbonyl (C=O) groups excluding carboxylic acids is 1. The van der Waals surface area contributed by atoms with Crippen molar-refractivity contribution in [3.63, 3.8) is 0 Å². The molecule has 5 nitrogen and oxygen atoms in total. The number of aliphatic imine (C=N–C) groups is 1. The fourth-order valence-electron chi connectivity index (χ4n) is 2.32. The van der Waals surface area contributed by atoms with Gasteiger partial charge in [0.25, 0.3) is 0 Å². The van der Waals surface area contributed by atoms with Gasteiger partial charge in [-0.3, -0.25) is 9.79 Å². The predicted molar refractivity (Wildman–Crippen MR) is 110 cm³/mol. The van der Waals surface area contributed by atoms with Crippen molar-refractivity contribution in [3.8, 4) is 0 Å². The Morgan fingerprint density at radius 3 is 2.50 bits per heavy atom. The normalized spacial score (nSPS) is 13.8. The molecule has 0 spiro atoms. The van der Waals surface area contributed by atoms with Crippen molar-refractivity contribution in [2.45, 2.75) is 32.6 Å². The third kappa shape index (κ3) is 8.52. The number of guanidine groups is 1. The number of halogens is 1. The largest absolute Gasteiger partial charge is 0.357 e. The third-order valence-corrected chi connectivity index (χ3v) is 3.75. The Kier molecular flexibility index (Phi) is 10.5. The second-order valence-corrected chi connectivity index (χ2v) is 5.84. The number of carbonyl (C=O) groups is 1. The molecule has 0 atom stereocenters. The molecule has 1 aromatic carbocycles. The topological polar surface area (TPSA) is 65.5 Å². The van der Waals surface area contributed by atoms with Crippen LogP contribution in [0.5, 0.6) is 0 Å². The molecule has 0 radical (unpaired) electrons. The van der Waals surface area contributed by atoms with Crippen LogP contribution in [0.15, 0.2) is 35.3 Å². The van der Waals surface area contributed by atoms with E-state index >= 15 is 0 Å². The van der Waals surface area contributed by atoms with E-state index in [9.17, 15) is 4.79 Å². The first-order chi connectivity index (χ1) is 11.3. The van der Waals surface area contributed by atoms with Crippen molar-refractivity contribution in [1.29, 1.82) is 0 Å². The summed E-state index contributed by atoms with van der Waals surface area (Å²) in [4.78, 5) is 16.1. The zero-order valence-corrected chi connectivity index (χ0v) is 16.7. The SMILES string of the molecule is CCNC(=NCCCc1ccccc1)NCCNC(=O)C1CC1.I. The molecule has 1 aromatic rings. The molecule has 0 aliphatic heterocycles. The summed E-state index contributed by atoms with van der Waals surface area (Å²) in [6.07, 6.45) is 4.16. The summed E-state index contributed by atoms with van der Waals surface area (Å²) in [6, 6.07) is 10.5. The second kappa shape index (κ2) is 12.1. The summed E-state index contributed by atoms with van der Waals surface area (Å²) in [7, 11) is 0. The fourth-order valence-corrected chi connectivity index (χ4v) is 2.32. The second-order valence-electron chi connectivity index (χ2n) is 5.84. The molecule has 0 heterocycles. The Balaban J connectivity index is 0.00000288. The van der Waals surface area contributed by atoms with Gasteiger partial charge in [-0.1, -0.05) is 30.3 Å². The van der Waals surface area contributed by atoms with Crippen LogP contribution in [0, 0.1) is 5.92 Å². The quantitative estimate of drug-likeness (QED) is 0.237. The zero-order valence-electron chi connectivity index (χ0n) is 14.4. The van der Waals surface area contributed by atoms with Crippen molar-refractivity contribution in [2.75, 3.05) is 26.2 Å². The van der Waals surface area contributed by atoms with Gasteiger partial charge in [0.1, 0.15) is 0 Å². The molecule has 1 fully saturated rings. The van der Waals surface area contributed by atoms with Gasteiger partial charge in [-0.05, 0) is 38.2 Å². The standard InChI is InChI=1S/C18H28N4O.HI/c1-2-19-18(22-14-13-20-17(23)16-10-11-16)21-12-6-9-15-7-4-3-5-8-15;/h3-5,7-8,16H,2,6,9-14H2,1H3,(H,20,23)(H2,19,21,22);1H. The molecule has 6 heteroatoms. The highest BCUT2D eigenvalue weighted by molar-refractivity contribution is 14.0. The first-order valence-electron chi connectivity index (χ1n) is 8.63. The van der Waals surface area contributed by atoms with E-state index in [1.807, 2.05) is 6.07 Å². The number of benzene rings is 1. The van der Waals surface area contributed by atoms with E-state index in [1.165, 1.54) is 5.56 Å². The van der Waals surface area contributed by atoms with Crippen molar-refractivity contribution in [3.05, 3.63) is 35.9 Å². The number of nitrogens with zero attached hydrogens (tertiary/aromatic N) is 1. The Morgan fingerprint density at radius 2 is 1.83 bits per heavy atom. The molecular weight excluding hydrogens is 415 g/mol. The van der Waals surface area contributed by atoms with Gasteiger partial charge in [0.05, 0.1) is 0 Å². The van der Waals surface area contributed by atoms with E-state index in [2.05, 4.69) is 52.1 Å². The van der Waals surface area contributed by atoms with Crippen molar-refractivity contribution in [2.24, 2.45) is 10.9 Å². The van der Waals surface area contributed by atoms with Crippen LogP contribution < -0.4 is 16.0 Å². The average molecular weight is 444 g/mol. The van der Waals surface area contributed by atoms with E-state index in [1.54, 1.807) is 0 Å². The van der Waals surface area contributed by atoms with Crippen molar-refractivity contribution < 1.29 is 4.79 Å². The lowest BCUT2D eigenvalue weighted by Gasteiger charge is -2.11. The van der Waals surface area contributed by atoms with Crippen LogP contribution in [0.2, 0.25) is 0 Å². The zero-order chi connectivity index (χ0) is 16.3. The molecule has 134 valence electrons. The summed E-state index contributed by atoms with van der Waals surface area (Å²) < 4.78 is 0. The lowest BCUT2D eigenvalue weighted by atomic mass is 10.1. The van der Waals surface area contributed by atoms with Crippen LogP contribution in [-0.4, -0.2) is 38.0 Å². The minimum absolute atomic E-state index is 0. The van der Waals surface area contributed by atoms with Gasteiger partial charge in [-0.2, -0.15) is 0 Å². The molecule has 0 bridgehead atoms. The lowest BCUT2D eigenvalue weighted by Crippen LogP contribution is -2.41. The summed E-state index contributed by atoms with van der Waals surface area (Å²) in [5, 5.41) is 9.44. The van der Waals surface area contributed by atoms with Gasteiger partial charge < -0.3 is 16.0 Å². The van der Waals surface area contributed by atoms with Crippen LogP contribution >= 0.6 is 24.0 Å². The third-order valence-electron chi connectivity index (χ3n) is 3.75. The molecule has 1 saturated carbocycles. The number of hydrogen-bond acceptors (Lipinski definition) is 2. The van der Waals surface area contributed by atoms with Crippen LogP contribution in [0.25, 0.3) is 0 Å². The molecule has 2 rings (SSSR count). The summed E-state index contributed by atoms with van der Waals surface area (Å²) in [6.45, 7) is 5.01. The number of aryl methyl sites for hydroxylation is 1. The van der Waals surface area contributed by atoms with Gasteiger partial charge in [0, 0.05) is 32.1 Å². The van der Waals surface area contributed by atoms with Crippen molar-refractivity contribution >= 4 is 35.8 Å². The van der Waals surface area contributed by atoms with Gasteiger partial charge in [-0.25, -0.2) is 0 Å². The smallest absolute Gasteiger partial charge is 0.223 e. The minimum atomic E-state index is 0. The Labute approximate surface area is 162 Å². The highest BCUT2D eigenvalue weighted by Crippen LogP contribution is 2.28. The molecule has 0 aromatic heterocycles. The summed E-state index contributed by atoms with van der Waals surface area (Å²) >= 11 is 0. The average Bonchev–Trinajstić information content (AvgIpc) is 3.41. The molecule has 1 aliphatic carbocycles. The Morgan fingerprint density at radius 1 is 1.12 bits per heavy atom. The maximum atomic E-state index is 11.5. The maximum absolute atomic E-state index is 11.5. The van der Waals surface area contributed by atoms with Gasteiger partial charge >= 0.3 is 0 Å². The van der Waals surface area contributed by atoms with Crippen LogP contribution in [-0.2, 0) is 11.2 Å². The number of hydrogen-bond donors (Lipinski definition) is 3. The highest BCUT2D eigenvalue weighted by Gasteiger charge is 2.28. The Bertz CT molecular complexity index is 503. The molecule has 0 unspecified atom stereocenters. The maximum Gasteiger partial charge on any atom is 0.223 e. The first-order valence-corrected chi connectivity index (χ1v) is 8.63.